The fourth-order valence-electron chi connectivity index (χ4n) is 4.19. The molecule has 2 fully saturated rings. The SMILES string of the molecule is O=C(NCC1CCN(C2CCCC2)CC1)c1cnc2ccccc2n1. The molecule has 2 aromatic rings. The van der Waals surface area contributed by atoms with Gasteiger partial charge in [0.2, 0.25) is 0 Å². The Balaban J connectivity index is 1.28. The Labute approximate surface area is 148 Å². The van der Waals surface area contributed by atoms with E-state index in [4.69, 9.17) is 0 Å². The smallest absolute Gasteiger partial charge is 0.271 e. The first-order valence-corrected chi connectivity index (χ1v) is 9.53. The van der Waals surface area contributed by atoms with E-state index in [0.29, 0.717) is 11.6 Å². The van der Waals surface area contributed by atoms with Crippen molar-refractivity contribution in [3.63, 3.8) is 0 Å². The largest absolute Gasteiger partial charge is 0.350 e. The van der Waals surface area contributed by atoms with Crippen molar-refractivity contribution < 1.29 is 4.79 Å². The predicted octanol–water partition coefficient (Wildman–Crippen LogP) is 3.01. The van der Waals surface area contributed by atoms with E-state index in [-0.39, 0.29) is 5.91 Å². The molecule has 1 saturated carbocycles. The Kier molecular flexibility index (Phi) is 4.92. The molecule has 2 heterocycles. The molecule has 0 atom stereocenters. The Morgan fingerprint density at radius 3 is 2.56 bits per heavy atom. The molecule has 1 aliphatic carbocycles. The average molecular weight is 338 g/mol. The highest BCUT2D eigenvalue weighted by Gasteiger charge is 2.27. The number of amides is 1. The summed E-state index contributed by atoms with van der Waals surface area (Å²) in [7, 11) is 0. The third-order valence-corrected chi connectivity index (χ3v) is 5.72. The third kappa shape index (κ3) is 3.82. The summed E-state index contributed by atoms with van der Waals surface area (Å²) in [5, 5.41) is 3.06. The molecule has 132 valence electrons. The van der Waals surface area contributed by atoms with E-state index in [1.54, 1.807) is 6.20 Å². The third-order valence-electron chi connectivity index (χ3n) is 5.72. The molecule has 5 nitrogen and oxygen atoms in total. The number of hydrogen-bond acceptors (Lipinski definition) is 4. The highest BCUT2D eigenvalue weighted by Crippen LogP contribution is 2.27. The second-order valence-corrected chi connectivity index (χ2v) is 7.37. The zero-order valence-corrected chi connectivity index (χ0v) is 14.7. The highest BCUT2D eigenvalue weighted by atomic mass is 16.1. The molecule has 1 saturated heterocycles. The van der Waals surface area contributed by atoms with Crippen LogP contribution in [0.1, 0.15) is 49.0 Å². The number of carbonyl (C=O) groups excluding carboxylic acids is 1. The number of para-hydroxylation sites is 2. The first-order chi connectivity index (χ1) is 12.3. The van der Waals surface area contributed by atoms with Gasteiger partial charge >= 0.3 is 0 Å². The Morgan fingerprint density at radius 2 is 1.80 bits per heavy atom. The topological polar surface area (TPSA) is 58.1 Å². The van der Waals surface area contributed by atoms with Crippen LogP contribution in [-0.2, 0) is 0 Å². The summed E-state index contributed by atoms with van der Waals surface area (Å²) in [6.45, 7) is 3.10. The van der Waals surface area contributed by atoms with Gasteiger partial charge in [-0.25, -0.2) is 4.98 Å². The number of fused-ring (bicyclic) bond motifs is 1. The Morgan fingerprint density at radius 1 is 1.08 bits per heavy atom. The molecule has 0 unspecified atom stereocenters. The van der Waals surface area contributed by atoms with Crippen LogP contribution < -0.4 is 5.32 Å². The molecule has 1 aromatic carbocycles. The first kappa shape index (κ1) is 16.5. The number of aromatic nitrogens is 2. The summed E-state index contributed by atoms with van der Waals surface area (Å²) < 4.78 is 0. The maximum Gasteiger partial charge on any atom is 0.271 e. The lowest BCUT2D eigenvalue weighted by atomic mass is 9.95. The molecule has 0 spiro atoms. The monoisotopic (exact) mass is 338 g/mol. The van der Waals surface area contributed by atoms with Gasteiger partial charge in [-0.2, -0.15) is 0 Å². The maximum atomic E-state index is 12.4. The summed E-state index contributed by atoms with van der Waals surface area (Å²) in [5.41, 5.74) is 1.99. The van der Waals surface area contributed by atoms with Crippen molar-refractivity contribution >= 4 is 16.9 Å². The number of rotatable bonds is 4. The fraction of sp³-hybridized carbons (Fsp3) is 0.550. The number of hydrogen-bond donors (Lipinski definition) is 1. The van der Waals surface area contributed by atoms with E-state index in [1.807, 2.05) is 24.3 Å². The Bertz CT molecular complexity index is 733. The van der Waals surface area contributed by atoms with E-state index in [2.05, 4.69) is 20.2 Å². The van der Waals surface area contributed by atoms with Gasteiger partial charge in [-0.05, 0) is 56.8 Å². The van der Waals surface area contributed by atoms with Crippen molar-refractivity contribution in [2.75, 3.05) is 19.6 Å². The van der Waals surface area contributed by atoms with Gasteiger partial charge in [0.25, 0.3) is 5.91 Å². The minimum Gasteiger partial charge on any atom is -0.350 e. The van der Waals surface area contributed by atoms with Gasteiger partial charge < -0.3 is 10.2 Å². The molecule has 0 radical (unpaired) electrons. The summed E-state index contributed by atoms with van der Waals surface area (Å²) in [5.74, 6) is 0.464. The van der Waals surface area contributed by atoms with Crippen LogP contribution in [0.15, 0.2) is 30.5 Å². The van der Waals surface area contributed by atoms with Gasteiger partial charge in [0.15, 0.2) is 0 Å². The van der Waals surface area contributed by atoms with Crippen molar-refractivity contribution in [1.29, 1.82) is 0 Å². The molecular formula is C20H26N4O. The first-order valence-electron chi connectivity index (χ1n) is 9.53. The van der Waals surface area contributed by atoms with E-state index < -0.39 is 0 Å². The second kappa shape index (κ2) is 7.48. The molecule has 1 aromatic heterocycles. The van der Waals surface area contributed by atoms with Crippen molar-refractivity contribution in [1.82, 2.24) is 20.2 Å². The van der Waals surface area contributed by atoms with E-state index in [0.717, 1.165) is 23.6 Å². The van der Waals surface area contributed by atoms with E-state index in [1.165, 1.54) is 51.6 Å². The van der Waals surface area contributed by atoms with Crippen molar-refractivity contribution in [2.45, 2.75) is 44.6 Å². The number of benzene rings is 1. The zero-order valence-electron chi connectivity index (χ0n) is 14.7. The molecule has 25 heavy (non-hydrogen) atoms. The van der Waals surface area contributed by atoms with Crippen LogP contribution >= 0.6 is 0 Å². The number of carbonyl (C=O) groups is 1. The number of nitrogens with zero attached hydrogens (tertiary/aromatic N) is 3. The highest BCUT2D eigenvalue weighted by molar-refractivity contribution is 5.93. The number of nitrogens with one attached hydrogen (secondary N) is 1. The lowest BCUT2D eigenvalue weighted by molar-refractivity contribution is 0.0920. The molecule has 1 N–H and O–H groups in total. The van der Waals surface area contributed by atoms with Gasteiger partial charge in [0.05, 0.1) is 17.2 Å². The molecule has 5 heteroatoms. The van der Waals surface area contributed by atoms with E-state index >= 15 is 0 Å². The Hall–Kier alpha value is -2.01. The molecule has 1 aliphatic heterocycles. The lowest BCUT2D eigenvalue weighted by Crippen LogP contribution is -2.42. The minimum atomic E-state index is -0.114. The standard InChI is InChI=1S/C20H26N4O/c25-20(19-14-21-17-7-3-4-8-18(17)23-19)22-13-15-9-11-24(12-10-15)16-5-1-2-6-16/h3-4,7-8,14-16H,1-2,5-6,9-13H2,(H,22,25). The zero-order chi connectivity index (χ0) is 17.1. The molecule has 0 bridgehead atoms. The maximum absolute atomic E-state index is 12.4. The van der Waals surface area contributed by atoms with E-state index in [9.17, 15) is 4.79 Å². The van der Waals surface area contributed by atoms with Crippen LogP contribution in [0.5, 0.6) is 0 Å². The van der Waals surface area contributed by atoms with Gasteiger partial charge in [0.1, 0.15) is 5.69 Å². The van der Waals surface area contributed by atoms with Gasteiger partial charge in [-0.1, -0.05) is 25.0 Å². The quantitative estimate of drug-likeness (QED) is 0.931. The molecule has 4 rings (SSSR count). The summed E-state index contributed by atoms with van der Waals surface area (Å²) in [6, 6.07) is 8.45. The van der Waals surface area contributed by atoms with Gasteiger partial charge in [0, 0.05) is 12.6 Å². The van der Waals surface area contributed by atoms with Crippen LogP contribution in [0.25, 0.3) is 11.0 Å². The predicted molar refractivity (Wildman–Crippen MR) is 98.4 cm³/mol. The van der Waals surface area contributed by atoms with Gasteiger partial charge in [-0.15, -0.1) is 0 Å². The summed E-state index contributed by atoms with van der Waals surface area (Å²) >= 11 is 0. The second-order valence-electron chi connectivity index (χ2n) is 7.37. The van der Waals surface area contributed by atoms with Crippen LogP contribution in [-0.4, -0.2) is 46.5 Å². The van der Waals surface area contributed by atoms with Crippen LogP contribution in [0.3, 0.4) is 0 Å². The van der Waals surface area contributed by atoms with Gasteiger partial charge in [-0.3, -0.25) is 9.78 Å². The summed E-state index contributed by atoms with van der Waals surface area (Å²) in [4.78, 5) is 23.8. The van der Waals surface area contributed by atoms with Crippen LogP contribution in [0, 0.1) is 5.92 Å². The molecule has 2 aliphatic rings. The average Bonchev–Trinajstić information content (AvgIpc) is 3.21. The van der Waals surface area contributed by atoms with Crippen LogP contribution in [0.2, 0.25) is 0 Å². The molecule has 1 amide bonds. The molecular weight excluding hydrogens is 312 g/mol. The summed E-state index contributed by atoms with van der Waals surface area (Å²) in [6.07, 6.45) is 9.48. The minimum absolute atomic E-state index is 0.114. The fourth-order valence-corrected chi connectivity index (χ4v) is 4.19. The normalized spacial score (nSPS) is 20.2. The van der Waals surface area contributed by atoms with Crippen molar-refractivity contribution in [2.24, 2.45) is 5.92 Å². The lowest BCUT2D eigenvalue weighted by Gasteiger charge is -2.36. The van der Waals surface area contributed by atoms with Crippen molar-refractivity contribution in [3.05, 3.63) is 36.2 Å². The number of likely N-dealkylation sites (tertiary alicyclic amines) is 1. The number of piperidine rings is 1. The van der Waals surface area contributed by atoms with Crippen LogP contribution in [0.4, 0.5) is 0 Å². The van der Waals surface area contributed by atoms with Crippen molar-refractivity contribution in [3.8, 4) is 0 Å².